The van der Waals surface area contributed by atoms with E-state index in [2.05, 4.69) is 14.6 Å². The largest absolute Gasteiger partial charge is 0.797 e. The first-order chi connectivity index (χ1) is 9.08. The molecular formula is C12H14BF2N3O. The molecule has 0 unspecified atom stereocenters. The molecule has 1 rings (SSSR count). The Hall–Kier alpha value is -2.18. The lowest BCUT2D eigenvalue weighted by Crippen LogP contribution is -2.11. The number of pyridine rings is 1. The molecule has 1 aromatic heterocycles. The fourth-order valence-corrected chi connectivity index (χ4v) is 1.09. The molecule has 0 atom stereocenters. The molecule has 0 bridgehead atoms. The molecule has 0 saturated carbocycles. The Morgan fingerprint density at radius 1 is 1.37 bits per heavy atom. The number of aliphatic imine (C=N–C) groups is 1. The van der Waals surface area contributed by atoms with Gasteiger partial charge in [-0.3, -0.25) is 0 Å². The van der Waals surface area contributed by atoms with Crippen LogP contribution in [0.1, 0.15) is 0 Å². The minimum Gasteiger partial charge on any atom is -0.491 e. The van der Waals surface area contributed by atoms with Gasteiger partial charge in [-0.15, -0.1) is 0 Å². The maximum Gasteiger partial charge on any atom is 0.797 e. The first-order valence-electron chi connectivity index (χ1n) is 5.54. The van der Waals surface area contributed by atoms with Crippen molar-refractivity contribution < 1.29 is 13.3 Å². The van der Waals surface area contributed by atoms with E-state index in [1.54, 1.807) is 36.6 Å². The zero-order chi connectivity index (χ0) is 14.1. The standard InChI is InChI=1S/C12H14BF2N3O/c1-18(2)10-6-4-8-12(19-13(14)15)17-11-7-3-5-9-16-11/h3-10H,1-2H3/b8-4+,10-6+,17-12+. The average Bonchev–Trinajstić information content (AvgIpc) is 2.35. The minimum atomic E-state index is -2.93. The zero-order valence-electron chi connectivity index (χ0n) is 10.7. The van der Waals surface area contributed by atoms with Gasteiger partial charge in [-0.2, -0.15) is 4.99 Å². The maximum atomic E-state index is 12.2. The number of rotatable bonds is 5. The minimum absolute atomic E-state index is 0.197. The molecule has 0 aromatic carbocycles. The van der Waals surface area contributed by atoms with Crippen LogP contribution in [0.25, 0.3) is 0 Å². The van der Waals surface area contributed by atoms with Gasteiger partial charge in [-0.05, 0) is 30.5 Å². The van der Waals surface area contributed by atoms with Gasteiger partial charge in [0.25, 0.3) is 0 Å². The third kappa shape index (κ3) is 6.97. The highest BCUT2D eigenvalue weighted by Crippen LogP contribution is 2.07. The van der Waals surface area contributed by atoms with Crippen LogP contribution in [0.15, 0.2) is 53.8 Å². The molecule has 0 aliphatic carbocycles. The van der Waals surface area contributed by atoms with Crippen LogP contribution in [-0.2, 0) is 4.65 Å². The summed E-state index contributed by atoms with van der Waals surface area (Å²) in [5, 5.41) is 0. The Kier molecular flexibility index (Phi) is 6.28. The molecule has 0 saturated heterocycles. The molecule has 0 fully saturated rings. The highest BCUT2D eigenvalue weighted by atomic mass is 19.2. The van der Waals surface area contributed by atoms with Gasteiger partial charge in [-0.1, -0.05) is 12.1 Å². The van der Waals surface area contributed by atoms with Crippen LogP contribution in [-0.4, -0.2) is 37.3 Å². The summed E-state index contributed by atoms with van der Waals surface area (Å²) in [6, 6.07) is 5.02. The van der Waals surface area contributed by atoms with Gasteiger partial charge in [0.1, 0.15) is 0 Å². The van der Waals surface area contributed by atoms with Crippen LogP contribution in [0.2, 0.25) is 0 Å². The normalized spacial score (nSPS) is 12.1. The average molecular weight is 265 g/mol. The van der Waals surface area contributed by atoms with E-state index in [0.29, 0.717) is 5.82 Å². The first-order valence-corrected chi connectivity index (χ1v) is 5.54. The lowest BCUT2D eigenvalue weighted by Gasteiger charge is -2.02. The number of hydrogen-bond acceptors (Lipinski definition) is 4. The summed E-state index contributed by atoms with van der Waals surface area (Å²) < 4.78 is 28.8. The summed E-state index contributed by atoms with van der Waals surface area (Å²) in [4.78, 5) is 9.61. The Balaban J connectivity index is 2.80. The molecule has 0 aliphatic heterocycles. The highest BCUT2D eigenvalue weighted by Gasteiger charge is 2.18. The topological polar surface area (TPSA) is 37.7 Å². The van der Waals surface area contributed by atoms with E-state index >= 15 is 0 Å². The van der Waals surface area contributed by atoms with E-state index < -0.39 is 7.47 Å². The molecular weight excluding hydrogens is 251 g/mol. The van der Waals surface area contributed by atoms with E-state index in [4.69, 9.17) is 0 Å². The van der Waals surface area contributed by atoms with E-state index in [-0.39, 0.29) is 5.90 Å². The second kappa shape index (κ2) is 8.02. The maximum absolute atomic E-state index is 12.2. The number of nitrogens with zero attached hydrogens (tertiary/aromatic N) is 3. The van der Waals surface area contributed by atoms with Gasteiger partial charge >= 0.3 is 7.47 Å². The van der Waals surface area contributed by atoms with E-state index in [0.717, 1.165) is 0 Å². The quantitative estimate of drug-likeness (QED) is 0.355. The highest BCUT2D eigenvalue weighted by molar-refractivity contribution is 6.38. The van der Waals surface area contributed by atoms with Gasteiger partial charge in [-0.25, -0.2) is 13.6 Å². The summed E-state index contributed by atoms with van der Waals surface area (Å²) in [7, 11) is 0.774. The number of hydrogen-bond donors (Lipinski definition) is 0. The van der Waals surface area contributed by atoms with Crippen LogP contribution < -0.4 is 0 Å². The van der Waals surface area contributed by atoms with Crippen molar-refractivity contribution in [3.05, 3.63) is 48.8 Å². The molecule has 0 radical (unpaired) electrons. The molecule has 1 aromatic rings. The van der Waals surface area contributed by atoms with Crippen molar-refractivity contribution in [1.82, 2.24) is 9.88 Å². The van der Waals surface area contributed by atoms with Gasteiger partial charge in [0.05, 0.1) is 0 Å². The van der Waals surface area contributed by atoms with Crippen LogP contribution >= 0.6 is 0 Å². The molecule has 0 amide bonds. The summed E-state index contributed by atoms with van der Waals surface area (Å²) >= 11 is 0. The van der Waals surface area contributed by atoms with Gasteiger partial charge in [0.15, 0.2) is 5.82 Å². The fraction of sp³-hybridized carbons (Fsp3) is 0.167. The molecule has 1 heterocycles. The zero-order valence-corrected chi connectivity index (χ0v) is 10.7. The number of aromatic nitrogens is 1. The Labute approximate surface area is 111 Å². The van der Waals surface area contributed by atoms with Crippen molar-refractivity contribution in [2.24, 2.45) is 4.99 Å². The molecule has 100 valence electrons. The SMILES string of the molecule is CN(C)/C=C/C=C/C(=N\c1ccccn1)OB(F)F. The Morgan fingerprint density at radius 2 is 2.16 bits per heavy atom. The van der Waals surface area contributed by atoms with Crippen LogP contribution in [0, 0.1) is 0 Å². The molecule has 0 aliphatic rings. The fourth-order valence-electron chi connectivity index (χ4n) is 1.09. The Morgan fingerprint density at radius 3 is 2.74 bits per heavy atom. The first kappa shape index (κ1) is 14.9. The summed E-state index contributed by atoms with van der Waals surface area (Å²) in [6.07, 6.45) is 7.87. The second-order valence-electron chi connectivity index (χ2n) is 3.68. The van der Waals surface area contributed by atoms with E-state index in [1.807, 2.05) is 19.0 Å². The van der Waals surface area contributed by atoms with Gasteiger partial charge in [0, 0.05) is 20.3 Å². The van der Waals surface area contributed by atoms with E-state index in [1.165, 1.54) is 12.3 Å². The third-order valence-electron chi connectivity index (χ3n) is 1.82. The predicted molar refractivity (Wildman–Crippen MR) is 72.4 cm³/mol. The van der Waals surface area contributed by atoms with Crippen LogP contribution in [0.3, 0.4) is 0 Å². The van der Waals surface area contributed by atoms with Crippen molar-refractivity contribution >= 4 is 19.2 Å². The van der Waals surface area contributed by atoms with E-state index in [9.17, 15) is 8.63 Å². The van der Waals surface area contributed by atoms with Crippen molar-refractivity contribution in [3.63, 3.8) is 0 Å². The molecule has 19 heavy (non-hydrogen) atoms. The van der Waals surface area contributed by atoms with Crippen LogP contribution in [0.5, 0.6) is 0 Å². The lowest BCUT2D eigenvalue weighted by atomic mass is 10.3. The van der Waals surface area contributed by atoms with Crippen LogP contribution in [0.4, 0.5) is 14.4 Å². The van der Waals surface area contributed by atoms with Crippen molar-refractivity contribution in [3.8, 4) is 0 Å². The number of halogens is 2. The summed E-state index contributed by atoms with van der Waals surface area (Å²) in [5.74, 6) is 0.108. The number of allylic oxidation sites excluding steroid dienone is 2. The summed E-state index contributed by atoms with van der Waals surface area (Å²) in [5.41, 5.74) is 0. The van der Waals surface area contributed by atoms with Crippen molar-refractivity contribution in [2.45, 2.75) is 0 Å². The summed E-state index contributed by atoms with van der Waals surface area (Å²) in [6.45, 7) is 0. The molecule has 0 spiro atoms. The smallest absolute Gasteiger partial charge is 0.491 e. The van der Waals surface area contributed by atoms with Gasteiger partial charge in [0.2, 0.25) is 5.90 Å². The monoisotopic (exact) mass is 265 g/mol. The predicted octanol–water partition coefficient (Wildman–Crippen LogP) is 2.68. The lowest BCUT2D eigenvalue weighted by molar-refractivity contribution is 0.421. The second-order valence-corrected chi connectivity index (χ2v) is 3.68. The molecule has 7 heteroatoms. The third-order valence-corrected chi connectivity index (χ3v) is 1.82. The van der Waals surface area contributed by atoms with Crippen molar-refractivity contribution in [1.29, 1.82) is 0 Å². The van der Waals surface area contributed by atoms with Crippen molar-refractivity contribution in [2.75, 3.05) is 14.1 Å². The molecule has 4 nitrogen and oxygen atoms in total. The van der Waals surface area contributed by atoms with Gasteiger partial charge < -0.3 is 9.55 Å². The Bertz CT molecular complexity index is 461. The molecule has 0 N–H and O–H groups in total.